The maximum atomic E-state index is 13.5. The molecule has 2 aromatic rings. The van der Waals surface area contributed by atoms with Crippen LogP contribution in [0.15, 0.2) is 34.1 Å². The summed E-state index contributed by atoms with van der Waals surface area (Å²) in [5, 5.41) is 2.85. The first kappa shape index (κ1) is 23.0. The molecule has 1 heterocycles. The normalized spacial score (nSPS) is 12.1. The Hall–Kier alpha value is -2.32. The van der Waals surface area contributed by atoms with Gasteiger partial charge in [0.15, 0.2) is 0 Å². The molecule has 0 unspecified atom stereocenters. The summed E-state index contributed by atoms with van der Waals surface area (Å²) in [5.41, 5.74) is 0.679. The fourth-order valence-corrected chi connectivity index (χ4v) is 4.61. The van der Waals surface area contributed by atoms with Crippen LogP contribution in [0.3, 0.4) is 0 Å². The number of hydrogen-bond donors (Lipinski definition) is 1. The maximum Gasteiger partial charge on any atom is 0.230 e. The van der Waals surface area contributed by atoms with E-state index in [0.29, 0.717) is 24.5 Å². The van der Waals surface area contributed by atoms with Gasteiger partial charge in [-0.2, -0.15) is 0 Å². The number of nitrogens with one attached hydrogen (secondary N) is 1. The third-order valence-corrected chi connectivity index (χ3v) is 6.77. The number of sulfone groups is 1. The highest BCUT2D eigenvalue weighted by Crippen LogP contribution is 2.36. The summed E-state index contributed by atoms with van der Waals surface area (Å²) < 4.78 is 39.1. The van der Waals surface area contributed by atoms with Gasteiger partial charge in [-0.25, -0.2) is 8.42 Å². The summed E-state index contributed by atoms with van der Waals surface area (Å²) in [6.07, 6.45) is 0. The maximum absolute atomic E-state index is 13.5. The molecule has 0 aliphatic carbocycles. The topological polar surface area (TPSA) is 86.6 Å². The van der Waals surface area contributed by atoms with Crippen molar-refractivity contribution in [2.45, 2.75) is 51.0 Å². The number of methoxy groups -OCH3 is 2. The standard InChI is InChI=1S/C21H30N2O5S/c1-14-15(2)23(12-13-27-6)19(22-20(24)21(3,4)5)18(14)29(25,26)17-10-8-16(28-7)9-11-17/h8-11H,12-13H2,1-7H3,(H,22,24). The Morgan fingerprint density at radius 1 is 1.10 bits per heavy atom. The van der Waals surface area contributed by atoms with Gasteiger partial charge in [0.2, 0.25) is 15.7 Å². The van der Waals surface area contributed by atoms with Gasteiger partial charge in [-0.05, 0) is 43.7 Å². The highest BCUT2D eigenvalue weighted by atomic mass is 32.2. The van der Waals surface area contributed by atoms with E-state index >= 15 is 0 Å². The second-order valence-corrected chi connectivity index (χ2v) is 9.80. The number of nitrogens with zero attached hydrogens (tertiary/aromatic N) is 1. The first-order valence-electron chi connectivity index (χ1n) is 9.34. The summed E-state index contributed by atoms with van der Waals surface area (Å²) in [6, 6.07) is 6.21. The molecule has 0 bridgehead atoms. The Labute approximate surface area is 172 Å². The number of benzene rings is 1. The molecule has 1 aromatic carbocycles. The molecule has 0 fully saturated rings. The molecule has 0 aliphatic heterocycles. The monoisotopic (exact) mass is 422 g/mol. The van der Waals surface area contributed by atoms with Gasteiger partial charge in [0, 0.05) is 24.8 Å². The third-order valence-electron chi connectivity index (χ3n) is 4.84. The van der Waals surface area contributed by atoms with Crippen LogP contribution in [-0.2, 0) is 25.9 Å². The number of carbonyl (C=O) groups excluding carboxylic acids is 1. The first-order valence-corrected chi connectivity index (χ1v) is 10.8. The Bertz CT molecular complexity index is 984. The van der Waals surface area contributed by atoms with Crippen molar-refractivity contribution in [3.63, 3.8) is 0 Å². The molecule has 2 rings (SSSR count). The molecule has 1 amide bonds. The van der Waals surface area contributed by atoms with E-state index in [1.54, 1.807) is 51.5 Å². The summed E-state index contributed by atoms with van der Waals surface area (Å²) in [6.45, 7) is 9.73. The van der Waals surface area contributed by atoms with Gasteiger partial charge >= 0.3 is 0 Å². The zero-order valence-corrected chi connectivity index (χ0v) is 18.9. The molecule has 0 aliphatic rings. The van der Waals surface area contributed by atoms with Gasteiger partial charge in [0.05, 0.1) is 18.6 Å². The quantitative estimate of drug-likeness (QED) is 0.737. The Balaban J connectivity index is 2.69. The molecule has 0 saturated heterocycles. The van der Waals surface area contributed by atoms with Gasteiger partial charge in [-0.15, -0.1) is 0 Å². The fraction of sp³-hybridized carbons (Fsp3) is 0.476. The molecule has 1 N–H and O–H groups in total. The highest BCUT2D eigenvalue weighted by molar-refractivity contribution is 7.91. The van der Waals surface area contributed by atoms with Crippen molar-refractivity contribution in [3.05, 3.63) is 35.5 Å². The first-order chi connectivity index (χ1) is 13.4. The molecular weight excluding hydrogens is 392 g/mol. The van der Waals surface area contributed by atoms with E-state index in [0.717, 1.165) is 5.69 Å². The molecule has 0 spiro atoms. The van der Waals surface area contributed by atoms with E-state index in [4.69, 9.17) is 9.47 Å². The van der Waals surface area contributed by atoms with E-state index in [9.17, 15) is 13.2 Å². The predicted octanol–water partition coefficient (Wildman–Crippen LogP) is 3.58. The van der Waals surface area contributed by atoms with Crippen LogP contribution < -0.4 is 10.1 Å². The fourth-order valence-electron chi connectivity index (χ4n) is 2.92. The van der Waals surface area contributed by atoms with Crippen molar-refractivity contribution in [2.75, 3.05) is 26.1 Å². The summed E-state index contributed by atoms with van der Waals surface area (Å²) >= 11 is 0. The molecule has 160 valence electrons. The lowest BCUT2D eigenvalue weighted by atomic mass is 9.96. The van der Waals surface area contributed by atoms with Crippen LogP contribution in [0.5, 0.6) is 5.75 Å². The zero-order valence-electron chi connectivity index (χ0n) is 18.1. The summed E-state index contributed by atoms with van der Waals surface area (Å²) in [7, 11) is -0.777. The number of ether oxygens (including phenoxy) is 2. The Morgan fingerprint density at radius 3 is 2.17 bits per heavy atom. The molecule has 0 radical (unpaired) electrons. The van der Waals surface area contributed by atoms with Crippen LogP contribution in [0, 0.1) is 19.3 Å². The van der Waals surface area contributed by atoms with Crippen molar-refractivity contribution >= 4 is 21.6 Å². The zero-order chi connectivity index (χ0) is 22.0. The highest BCUT2D eigenvalue weighted by Gasteiger charge is 2.32. The van der Waals surface area contributed by atoms with Crippen LogP contribution >= 0.6 is 0 Å². The largest absolute Gasteiger partial charge is 0.497 e. The number of hydrogen-bond acceptors (Lipinski definition) is 5. The second-order valence-electron chi connectivity index (χ2n) is 7.92. The van der Waals surface area contributed by atoms with E-state index in [2.05, 4.69) is 5.32 Å². The lowest BCUT2D eigenvalue weighted by Crippen LogP contribution is -2.29. The van der Waals surface area contributed by atoms with Crippen molar-refractivity contribution in [3.8, 4) is 5.75 Å². The lowest BCUT2D eigenvalue weighted by molar-refractivity contribution is -0.123. The average Bonchev–Trinajstić information content (AvgIpc) is 2.89. The van der Waals surface area contributed by atoms with Gasteiger partial charge < -0.3 is 19.4 Å². The van der Waals surface area contributed by atoms with E-state index < -0.39 is 15.3 Å². The Morgan fingerprint density at radius 2 is 1.69 bits per heavy atom. The van der Waals surface area contributed by atoms with Crippen LogP contribution in [0.25, 0.3) is 0 Å². The Kier molecular flexibility index (Phi) is 6.80. The predicted molar refractivity (Wildman–Crippen MR) is 112 cm³/mol. The second kappa shape index (κ2) is 8.59. The van der Waals surface area contributed by atoms with Gasteiger partial charge in [0.25, 0.3) is 0 Å². The van der Waals surface area contributed by atoms with Crippen LogP contribution in [-0.4, -0.2) is 39.7 Å². The molecule has 29 heavy (non-hydrogen) atoms. The van der Waals surface area contributed by atoms with Crippen LogP contribution in [0.2, 0.25) is 0 Å². The van der Waals surface area contributed by atoms with Crippen molar-refractivity contribution in [2.24, 2.45) is 5.41 Å². The van der Waals surface area contributed by atoms with E-state index in [-0.39, 0.29) is 21.5 Å². The van der Waals surface area contributed by atoms with Crippen LogP contribution in [0.1, 0.15) is 32.0 Å². The van der Waals surface area contributed by atoms with Crippen LogP contribution in [0.4, 0.5) is 5.82 Å². The molecular formula is C21H30N2O5S. The molecule has 8 heteroatoms. The molecule has 0 atom stereocenters. The molecule has 7 nitrogen and oxygen atoms in total. The lowest BCUT2D eigenvalue weighted by Gasteiger charge is -2.20. The molecule has 0 saturated carbocycles. The number of aromatic nitrogens is 1. The number of anilines is 1. The van der Waals surface area contributed by atoms with Crippen molar-refractivity contribution < 1.29 is 22.7 Å². The average molecular weight is 423 g/mol. The number of rotatable bonds is 7. The summed E-state index contributed by atoms with van der Waals surface area (Å²) in [5.74, 6) is 0.573. The van der Waals surface area contributed by atoms with Gasteiger partial charge in [-0.3, -0.25) is 4.79 Å². The SMILES string of the molecule is COCCn1c(C)c(C)c(S(=O)(=O)c2ccc(OC)cc2)c1NC(=O)C(C)(C)C. The number of amides is 1. The van der Waals surface area contributed by atoms with Gasteiger partial charge in [-0.1, -0.05) is 20.8 Å². The number of carbonyl (C=O) groups is 1. The summed E-state index contributed by atoms with van der Waals surface area (Å²) in [4.78, 5) is 13.0. The van der Waals surface area contributed by atoms with E-state index in [1.807, 2.05) is 6.92 Å². The van der Waals surface area contributed by atoms with E-state index in [1.165, 1.54) is 19.2 Å². The van der Waals surface area contributed by atoms with Gasteiger partial charge in [0.1, 0.15) is 16.5 Å². The molecule has 1 aromatic heterocycles. The van der Waals surface area contributed by atoms with Crippen molar-refractivity contribution in [1.82, 2.24) is 4.57 Å². The minimum Gasteiger partial charge on any atom is -0.497 e. The minimum absolute atomic E-state index is 0.105. The third kappa shape index (κ3) is 4.64. The minimum atomic E-state index is -3.88. The smallest absolute Gasteiger partial charge is 0.230 e. The van der Waals surface area contributed by atoms with Crippen molar-refractivity contribution in [1.29, 1.82) is 0 Å².